The van der Waals surface area contributed by atoms with Crippen molar-refractivity contribution >= 4 is 50.9 Å². The number of ether oxygens (including phenoxy) is 1. The number of nitrogens with one attached hydrogen (secondary N) is 1. The molecule has 1 N–H and O–H groups in total. The predicted octanol–water partition coefficient (Wildman–Crippen LogP) is 4.00. The monoisotopic (exact) mass is 564 g/mol. The summed E-state index contributed by atoms with van der Waals surface area (Å²) in [5.41, 5.74) is 2.58. The second-order valence-corrected chi connectivity index (χ2v) is 10.2. The van der Waals surface area contributed by atoms with E-state index in [1.54, 1.807) is 12.0 Å². The normalized spacial score (nSPS) is 17.8. The minimum Gasteiger partial charge on any atom is -0.497 e. The Morgan fingerprint density at radius 1 is 1.05 bits per heavy atom. The highest BCUT2D eigenvalue weighted by atomic mass is 79.9. The van der Waals surface area contributed by atoms with Crippen molar-refractivity contribution in [3.05, 3.63) is 64.8 Å². The highest BCUT2D eigenvalue weighted by Crippen LogP contribution is 2.29. The van der Waals surface area contributed by atoms with E-state index >= 15 is 0 Å². The third-order valence-electron chi connectivity index (χ3n) is 6.67. The molecule has 37 heavy (non-hydrogen) atoms. The predicted molar refractivity (Wildman–Crippen MR) is 146 cm³/mol. The summed E-state index contributed by atoms with van der Waals surface area (Å²) < 4.78 is 6.13. The van der Waals surface area contributed by atoms with Gasteiger partial charge in [0.2, 0.25) is 17.8 Å². The van der Waals surface area contributed by atoms with Gasteiger partial charge in [0.25, 0.3) is 0 Å². The van der Waals surface area contributed by atoms with E-state index in [1.807, 2.05) is 66.4 Å². The molecular weight excluding hydrogens is 536 g/mol. The van der Waals surface area contributed by atoms with E-state index in [-0.39, 0.29) is 24.2 Å². The maximum atomic E-state index is 13.3. The number of aromatic nitrogens is 2. The van der Waals surface area contributed by atoms with Gasteiger partial charge in [-0.3, -0.25) is 9.59 Å². The molecule has 5 rings (SSSR count). The Morgan fingerprint density at radius 2 is 1.81 bits per heavy atom. The van der Waals surface area contributed by atoms with Gasteiger partial charge in [0.05, 0.1) is 13.0 Å². The Labute approximate surface area is 224 Å². The minimum absolute atomic E-state index is 0.0138. The highest BCUT2D eigenvalue weighted by molar-refractivity contribution is 9.10. The molecule has 9 nitrogen and oxygen atoms in total. The van der Waals surface area contributed by atoms with Crippen molar-refractivity contribution in [2.45, 2.75) is 13.3 Å². The molecule has 1 atom stereocenters. The molecule has 2 saturated heterocycles. The number of benzene rings is 2. The van der Waals surface area contributed by atoms with Crippen LogP contribution in [0.25, 0.3) is 0 Å². The Bertz CT molecular complexity index is 1290. The second kappa shape index (κ2) is 10.8. The smallest absolute Gasteiger partial charge is 0.228 e. The summed E-state index contributed by atoms with van der Waals surface area (Å²) >= 11 is 3.45. The van der Waals surface area contributed by atoms with Gasteiger partial charge in [-0.1, -0.05) is 22.0 Å². The zero-order chi connectivity index (χ0) is 25.9. The van der Waals surface area contributed by atoms with E-state index in [0.29, 0.717) is 44.5 Å². The molecule has 2 aromatic carbocycles. The molecule has 2 amide bonds. The molecular formula is C27H29BrN6O3. The van der Waals surface area contributed by atoms with E-state index in [2.05, 4.69) is 31.1 Å². The number of hydrogen-bond acceptors (Lipinski definition) is 7. The number of rotatable bonds is 6. The molecule has 1 aromatic heterocycles. The summed E-state index contributed by atoms with van der Waals surface area (Å²) in [4.78, 5) is 40.9. The van der Waals surface area contributed by atoms with Crippen molar-refractivity contribution in [2.75, 3.05) is 55.0 Å². The van der Waals surface area contributed by atoms with Crippen molar-refractivity contribution in [1.29, 1.82) is 0 Å². The van der Waals surface area contributed by atoms with Crippen LogP contribution in [0.2, 0.25) is 0 Å². The van der Waals surface area contributed by atoms with Crippen LogP contribution in [0.3, 0.4) is 0 Å². The van der Waals surface area contributed by atoms with Crippen molar-refractivity contribution < 1.29 is 14.3 Å². The van der Waals surface area contributed by atoms with Crippen LogP contribution in [-0.4, -0.2) is 66.5 Å². The van der Waals surface area contributed by atoms with Crippen LogP contribution in [0.15, 0.2) is 59.1 Å². The minimum atomic E-state index is -0.325. The Kier molecular flexibility index (Phi) is 7.27. The van der Waals surface area contributed by atoms with Gasteiger partial charge in [0.15, 0.2) is 0 Å². The maximum Gasteiger partial charge on any atom is 0.228 e. The average molecular weight is 565 g/mol. The number of hydrogen-bond donors (Lipinski definition) is 1. The lowest BCUT2D eigenvalue weighted by molar-refractivity contribution is -0.136. The van der Waals surface area contributed by atoms with Gasteiger partial charge in [-0.2, -0.15) is 4.98 Å². The molecule has 10 heteroatoms. The highest BCUT2D eigenvalue weighted by Gasteiger charge is 2.38. The van der Waals surface area contributed by atoms with Gasteiger partial charge in [0.1, 0.15) is 11.6 Å². The topological polar surface area (TPSA) is 90.9 Å². The van der Waals surface area contributed by atoms with E-state index in [4.69, 9.17) is 9.72 Å². The lowest BCUT2D eigenvalue weighted by Gasteiger charge is -2.36. The summed E-state index contributed by atoms with van der Waals surface area (Å²) in [7, 11) is 1.64. The molecule has 0 aliphatic carbocycles. The molecule has 2 fully saturated rings. The van der Waals surface area contributed by atoms with Crippen LogP contribution in [0.1, 0.15) is 12.1 Å². The molecule has 192 valence electrons. The molecule has 2 aliphatic heterocycles. The van der Waals surface area contributed by atoms with Crippen LogP contribution in [-0.2, 0) is 9.59 Å². The first kappa shape index (κ1) is 25.0. The van der Waals surface area contributed by atoms with Gasteiger partial charge < -0.3 is 24.8 Å². The number of piperazine rings is 1. The first-order valence-electron chi connectivity index (χ1n) is 12.3. The van der Waals surface area contributed by atoms with E-state index in [9.17, 15) is 9.59 Å². The number of nitrogens with zero attached hydrogens (tertiary/aromatic N) is 5. The molecule has 0 bridgehead atoms. The molecule has 3 aromatic rings. The summed E-state index contributed by atoms with van der Waals surface area (Å²) in [5, 5.41) is 3.33. The fourth-order valence-electron chi connectivity index (χ4n) is 4.73. The third-order valence-corrected chi connectivity index (χ3v) is 7.17. The number of aryl methyl sites for hydroxylation is 1. The molecule has 2 aliphatic rings. The van der Waals surface area contributed by atoms with Crippen LogP contribution < -0.4 is 19.9 Å². The first-order chi connectivity index (χ1) is 17.9. The summed E-state index contributed by atoms with van der Waals surface area (Å²) in [6.07, 6.45) is 0.243. The molecule has 1 unspecified atom stereocenters. The van der Waals surface area contributed by atoms with E-state index < -0.39 is 0 Å². The summed E-state index contributed by atoms with van der Waals surface area (Å²) in [6.45, 7) is 4.76. The lowest BCUT2D eigenvalue weighted by atomic mass is 10.1. The van der Waals surface area contributed by atoms with Crippen molar-refractivity contribution in [2.24, 2.45) is 5.92 Å². The molecule has 0 spiro atoms. The fraction of sp³-hybridized carbons (Fsp3) is 0.333. The van der Waals surface area contributed by atoms with Gasteiger partial charge in [-0.25, -0.2) is 4.98 Å². The summed E-state index contributed by atoms with van der Waals surface area (Å²) in [5.74, 6) is 1.84. The number of halogens is 1. The molecule has 0 saturated carbocycles. The lowest BCUT2D eigenvalue weighted by Crippen LogP contribution is -2.51. The zero-order valence-electron chi connectivity index (χ0n) is 20.9. The Hall–Kier alpha value is -3.66. The largest absolute Gasteiger partial charge is 0.497 e. The Morgan fingerprint density at radius 3 is 2.51 bits per heavy atom. The quantitative estimate of drug-likeness (QED) is 0.483. The van der Waals surface area contributed by atoms with Gasteiger partial charge in [-0.05, 0) is 49.4 Å². The van der Waals surface area contributed by atoms with Crippen LogP contribution >= 0.6 is 15.9 Å². The maximum absolute atomic E-state index is 13.3. The van der Waals surface area contributed by atoms with Gasteiger partial charge in [0, 0.05) is 66.8 Å². The number of anilines is 4. The van der Waals surface area contributed by atoms with Crippen molar-refractivity contribution in [3.63, 3.8) is 0 Å². The third kappa shape index (κ3) is 5.69. The van der Waals surface area contributed by atoms with Crippen molar-refractivity contribution in [3.8, 4) is 5.75 Å². The number of carbonyl (C=O) groups is 2. The Balaban J connectivity index is 1.20. The van der Waals surface area contributed by atoms with Crippen LogP contribution in [0, 0.1) is 12.8 Å². The number of amides is 2. The number of methoxy groups -OCH3 is 1. The standard InChI is InChI=1S/C27H29BrN6O3/c1-18-14-24(30-21-6-8-23(37-2)9-7-21)31-27(29-18)33-12-10-32(11-13-33)26(36)19-15-25(35)34(17-19)22-5-3-4-20(28)16-22/h3-9,14,16,19H,10-13,15,17H2,1-2H3,(H,29,30,31). The van der Waals surface area contributed by atoms with Gasteiger partial charge in [-0.15, -0.1) is 0 Å². The second-order valence-electron chi connectivity index (χ2n) is 9.25. The molecule has 0 radical (unpaired) electrons. The van der Waals surface area contributed by atoms with E-state index in [1.165, 1.54) is 0 Å². The van der Waals surface area contributed by atoms with Crippen molar-refractivity contribution in [1.82, 2.24) is 14.9 Å². The number of carbonyl (C=O) groups excluding carboxylic acids is 2. The zero-order valence-corrected chi connectivity index (χ0v) is 22.4. The molecule has 3 heterocycles. The van der Waals surface area contributed by atoms with Crippen LogP contribution in [0.4, 0.5) is 23.1 Å². The fourth-order valence-corrected chi connectivity index (χ4v) is 5.12. The van der Waals surface area contributed by atoms with E-state index in [0.717, 1.165) is 27.3 Å². The summed E-state index contributed by atoms with van der Waals surface area (Å²) in [6, 6.07) is 17.2. The first-order valence-corrected chi connectivity index (χ1v) is 13.1. The van der Waals surface area contributed by atoms with Crippen LogP contribution in [0.5, 0.6) is 5.75 Å². The average Bonchev–Trinajstić information content (AvgIpc) is 3.30. The van der Waals surface area contributed by atoms with Gasteiger partial charge >= 0.3 is 0 Å². The SMILES string of the molecule is COc1ccc(Nc2cc(C)nc(N3CCN(C(=O)C4CC(=O)N(c5cccc(Br)c5)C4)CC3)n2)cc1.